The fourth-order valence-corrected chi connectivity index (χ4v) is 4.24. The van der Waals surface area contributed by atoms with Gasteiger partial charge < -0.3 is 5.11 Å². The molecular formula is C25H26N4O2. The number of carbonyl (C=O) groups is 1. The number of nitriles is 1. The standard InChI is InChI=1S/C25H26N4O2/c1-17-3-6-20(7-4-17)29-18(2)22(15-28-29)23(31)13-19-5-8-24(27-14-19)25(16-26)11-9-21(30)10-12-25/h3-8,14-15,21,30H,9-13H2,1-2H3. The maximum Gasteiger partial charge on any atom is 0.170 e. The molecule has 2 aromatic heterocycles. The van der Waals surface area contributed by atoms with Crippen molar-refractivity contribution in [2.24, 2.45) is 0 Å². The average molecular weight is 415 g/mol. The van der Waals surface area contributed by atoms with E-state index in [9.17, 15) is 15.2 Å². The molecule has 1 aliphatic rings. The summed E-state index contributed by atoms with van der Waals surface area (Å²) in [7, 11) is 0. The Bertz CT molecular complexity index is 1120. The molecule has 2 heterocycles. The number of benzene rings is 1. The van der Waals surface area contributed by atoms with Gasteiger partial charge in [0.25, 0.3) is 0 Å². The zero-order valence-corrected chi connectivity index (χ0v) is 17.9. The lowest BCUT2D eigenvalue weighted by Crippen LogP contribution is -2.33. The Hall–Kier alpha value is -3.30. The first-order valence-corrected chi connectivity index (χ1v) is 10.6. The summed E-state index contributed by atoms with van der Waals surface area (Å²) in [6.07, 6.45) is 5.64. The first kappa shape index (κ1) is 21.0. The lowest BCUT2D eigenvalue weighted by molar-refractivity contribution is 0.0991. The molecule has 0 radical (unpaired) electrons. The number of hydrogen-bond donors (Lipinski definition) is 1. The Balaban J connectivity index is 1.49. The summed E-state index contributed by atoms with van der Waals surface area (Å²) in [6.45, 7) is 3.93. The lowest BCUT2D eigenvalue weighted by Gasteiger charge is -2.32. The summed E-state index contributed by atoms with van der Waals surface area (Å²) in [4.78, 5) is 17.4. The molecule has 0 spiro atoms. The van der Waals surface area contributed by atoms with E-state index in [1.165, 1.54) is 5.56 Å². The molecule has 31 heavy (non-hydrogen) atoms. The van der Waals surface area contributed by atoms with Crippen molar-refractivity contribution in [2.75, 3.05) is 0 Å². The number of aryl methyl sites for hydroxylation is 1. The van der Waals surface area contributed by atoms with Gasteiger partial charge in [0, 0.05) is 12.6 Å². The van der Waals surface area contributed by atoms with Gasteiger partial charge in [0.1, 0.15) is 0 Å². The zero-order chi connectivity index (χ0) is 22.0. The molecule has 6 nitrogen and oxygen atoms in total. The first-order chi connectivity index (χ1) is 14.9. The fourth-order valence-electron chi connectivity index (χ4n) is 4.24. The lowest BCUT2D eigenvalue weighted by atomic mass is 9.72. The van der Waals surface area contributed by atoms with Gasteiger partial charge in [-0.2, -0.15) is 10.4 Å². The zero-order valence-electron chi connectivity index (χ0n) is 17.9. The normalized spacial score (nSPS) is 20.9. The number of pyridine rings is 1. The van der Waals surface area contributed by atoms with E-state index in [-0.39, 0.29) is 18.3 Å². The maximum absolute atomic E-state index is 12.9. The van der Waals surface area contributed by atoms with Gasteiger partial charge in [-0.05, 0) is 63.3 Å². The second-order valence-corrected chi connectivity index (χ2v) is 8.47. The molecule has 4 rings (SSSR count). The monoisotopic (exact) mass is 414 g/mol. The van der Waals surface area contributed by atoms with Gasteiger partial charge in [-0.3, -0.25) is 9.78 Å². The van der Waals surface area contributed by atoms with E-state index in [0.29, 0.717) is 31.2 Å². The number of carbonyl (C=O) groups excluding carboxylic acids is 1. The fraction of sp³-hybridized carbons (Fsp3) is 0.360. The summed E-state index contributed by atoms with van der Waals surface area (Å²) in [5, 5.41) is 23.9. The molecule has 1 N–H and O–H groups in total. The smallest absolute Gasteiger partial charge is 0.170 e. The maximum atomic E-state index is 12.9. The third kappa shape index (κ3) is 4.14. The highest BCUT2D eigenvalue weighted by Gasteiger charge is 2.37. The Morgan fingerprint density at radius 3 is 2.48 bits per heavy atom. The summed E-state index contributed by atoms with van der Waals surface area (Å²) < 4.78 is 1.78. The van der Waals surface area contributed by atoms with Crippen molar-refractivity contribution in [1.29, 1.82) is 5.26 Å². The van der Waals surface area contributed by atoms with E-state index in [4.69, 9.17) is 0 Å². The third-order valence-corrected chi connectivity index (χ3v) is 6.29. The number of nitrogens with zero attached hydrogens (tertiary/aromatic N) is 4. The van der Waals surface area contributed by atoms with Crippen LogP contribution in [0.3, 0.4) is 0 Å². The molecule has 3 aromatic rings. The molecule has 1 fully saturated rings. The molecule has 1 aromatic carbocycles. The first-order valence-electron chi connectivity index (χ1n) is 10.6. The molecule has 0 atom stereocenters. The van der Waals surface area contributed by atoms with Crippen molar-refractivity contribution < 1.29 is 9.90 Å². The Kier molecular flexibility index (Phi) is 5.71. The number of aliphatic hydroxyl groups is 1. The number of hydrogen-bond acceptors (Lipinski definition) is 5. The van der Waals surface area contributed by atoms with Crippen molar-refractivity contribution in [1.82, 2.24) is 14.8 Å². The van der Waals surface area contributed by atoms with Crippen molar-refractivity contribution in [3.05, 3.63) is 76.9 Å². The quantitative estimate of drug-likeness (QED) is 0.637. The summed E-state index contributed by atoms with van der Waals surface area (Å²) in [5.41, 5.74) is 4.38. The van der Waals surface area contributed by atoms with E-state index < -0.39 is 5.41 Å². The number of ketones is 1. The minimum atomic E-state index is -0.645. The van der Waals surface area contributed by atoms with Gasteiger partial charge in [0.2, 0.25) is 0 Å². The minimum Gasteiger partial charge on any atom is -0.393 e. The number of Topliss-reactive ketones (excluding diaryl/α,β-unsaturated/α-hetero) is 1. The summed E-state index contributed by atoms with van der Waals surface area (Å²) in [5.74, 6) is -0.0128. The Morgan fingerprint density at radius 2 is 1.87 bits per heavy atom. The van der Waals surface area contributed by atoms with E-state index in [2.05, 4.69) is 16.2 Å². The highest BCUT2D eigenvalue weighted by Crippen LogP contribution is 2.38. The van der Waals surface area contributed by atoms with E-state index >= 15 is 0 Å². The van der Waals surface area contributed by atoms with Crippen LogP contribution in [0.15, 0.2) is 48.8 Å². The highest BCUT2D eigenvalue weighted by atomic mass is 16.3. The predicted molar refractivity (Wildman–Crippen MR) is 117 cm³/mol. The van der Waals surface area contributed by atoms with Crippen molar-refractivity contribution in [2.45, 2.75) is 57.5 Å². The molecule has 158 valence electrons. The topological polar surface area (TPSA) is 91.8 Å². The van der Waals surface area contributed by atoms with E-state index in [0.717, 1.165) is 22.6 Å². The summed E-state index contributed by atoms with van der Waals surface area (Å²) >= 11 is 0. The largest absolute Gasteiger partial charge is 0.393 e. The summed E-state index contributed by atoms with van der Waals surface area (Å²) in [6, 6.07) is 14.2. The number of aromatic nitrogens is 3. The molecule has 0 saturated heterocycles. The van der Waals surface area contributed by atoms with Gasteiger partial charge in [0.15, 0.2) is 5.78 Å². The Labute approximate surface area is 182 Å². The van der Waals surface area contributed by atoms with Crippen molar-refractivity contribution >= 4 is 5.78 Å². The Morgan fingerprint density at radius 1 is 1.16 bits per heavy atom. The minimum absolute atomic E-state index is 0.0128. The van der Waals surface area contributed by atoms with Crippen LogP contribution >= 0.6 is 0 Å². The molecule has 1 saturated carbocycles. The van der Waals surface area contributed by atoms with Gasteiger partial charge in [0.05, 0.1) is 46.4 Å². The third-order valence-electron chi connectivity index (χ3n) is 6.29. The van der Waals surface area contributed by atoms with Crippen LogP contribution in [-0.4, -0.2) is 31.8 Å². The van der Waals surface area contributed by atoms with Crippen molar-refractivity contribution in [3.8, 4) is 11.8 Å². The van der Waals surface area contributed by atoms with Crippen LogP contribution in [0.5, 0.6) is 0 Å². The van der Waals surface area contributed by atoms with Crippen LogP contribution in [0, 0.1) is 25.2 Å². The van der Waals surface area contributed by atoms with Crippen LogP contribution in [0.2, 0.25) is 0 Å². The van der Waals surface area contributed by atoms with Crippen LogP contribution in [0.4, 0.5) is 0 Å². The number of aliphatic hydroxyl groups excluding tert-OH is 1. The van der Waals surface area contributed by atoms with E-state index in [1.54, 1.807) is 17.1 Å². The molecule has 0 amide bonds. The van der Waals surface area contributed by atoms with Crippen LogP contribution in [-0.2, 0) is 11.8 Å². The van der Waals surface area contributed by atoms with Gasteiger partial charge in [-0.25, -0.2) is 4.68 Å². The average Bonchev–Trinajstić information content (AvgIpc) is 3.17. The van der Waals surface area contributed by atoms with Crippen LogP contribution in [0.1, 0.15) is 58.6 Å². The van der Waals surface area contributed by atoms with Crippen LogP contribution in [0.25, 0.3) is 5.69 Å². The molecule has 1 aliphatic carbocycles. The second kappa shape index (κ2) is 8.44. The van der Waals surface area contributed by atoms with Crippen molar-refractivity contribution in [3.63, 3.8) is 0 Å². The predicted octanol–water partition coefficient (Wildman–Crippen LogP) is 4.01. The molecule has 0 unspecified atom stereocenters. The SMILES string of the molecule is Cc1ccc(-n2ncc(C(=O)Cc3ccc(C4(C#N)CCC(O)CC4)nc3)c2C)cc1. The van der Waals surface area contributed by atoms with E-state index in [1.807, 2.05) is 50.2 Å². The van der Waals surface area contributed by atoms with Gasteiger partial charge in [-0.1, -0.05) is 23.8 Å². The molecule has 0 aliphatic heterocycles. The van der Waals surface area contributed by atoms with Crippen LogP contribution < -0.4 is 0 Å². The van der Waals surface area contributed by atoms with Gasteiger partial charge in [-0.15, -0.1) is 0 Å². The number of rotatable bonds is 5. The molecule has 6 heteroatoms. The highest BCUT2D eigenvalue weighted by molar-refractivity contribution is 5.98. The van der Waals surface area contributed by atoms with Gasteiger partial charge >= 0.3 is 0 Å². The molecule has 0 bridgehead atoms. The second-order valence-electron chi connectivity index (χ2n) is 8.47. The molecular weight excluding hydrogens is 388 g/mol.